The standard InChI is InChI=1S/C4H9ClO3S/c1-4(5)9(7,8)3-2-6/h4,6H,2-3H2,1H3. The van der Waals surface area contributed by atoms with Crippen molar-refractivity contribution in [3.8, 4) is 0 Å². The SMILES string of the molecule is CC(Cl)S(=O)(=O)CCO. The van der Waals surface area contributed by atoms with E-state index in [1.165, 1.54) is 6.92 Å². The Morgan fingerprint density at radius 1 is 1.67 bits per heavy atom. The van der Waals surface area contributed by atoms with Crippen LogP contribution in [0.25, 0.3) is 0 Å². The molecule has 0 aliphatic carbocycles. The van der Waals surface area contributed by atoms with Crippen LogP contribution in [0.3, 0.4) is 0 Å². The molecule has 0 heterocycles. The van der Waals surface area contributed by atoms with Crippen LogP contribution < -0.4 is 0 Å². The monoisotopic (exact) mass is 172 g/mol. The second-order valence-corrected chi connectivity index (χ2v) is 4.99. The third-order valence-corrected chi connectivity index (χ3v) is 3.43. The van der Waals surface area contributed by atoms with Crippen molar-refractivity contribution in [1.29, 1.82) is 0 Å². The first-order valence-electron chi connectivity index (χ1n) is 2.47. The van der Waals surface area contributed by atoms with E-state index in [9.17, 15) is 8.42 Å². The first-order valence-corrected chi connectivity index (χ1v) is 4.62. The van der Waals surface area contributed by atoms with Crippen LogP contribution in [-0.4, -0.2) is 30.6 Å². The number of rotatable bonds is 3. The highest BCUT2D eigenvalue weighted by molar-refractivity contribution is 7.93. The molecule has 0 saturated heterocycles. The summed E-state index contributed by atoms with van der Waals surface area (Å²) in [6.45, 7) is 1.01. The highest BCUT2D eigenvalue weighted by Gasteiger charge is 2.16. The number of halogens is 1. The molecule has 0 aliphatic rings. The lowest BCUT2D eigenvalue weighted by Gasteiger charge is -2.01. The fraction of sp³-hybridized carbons (Fsp3) is 1.00. The zero-order valence-electron chi connectivity index (χ0n) is 5.04. The largest absolute Gasteiger partial charge is 0.395 e. The van der Waals surface area contributed by atoms with Crippen molar-refractivity contribution in [2.45, 2.75) is 11.6 Å². The second kappa shape index (κ2) is 3.39. The zero-order valence-corrected chi connectivity index (χ0v) is 6.61. The molecule has 9 heavy (non-hydrogen) atoms. The molecule has 0 fully saturated rings. The molecule has 5 heteroatoms. The summed E-state index contributed by atoms with van der Waals surface area (Å²) in [5.74, 6) is -0.252. The van der Waals surface area contributed by atoms with Crippen LogP contribution in [0.5, 0.6) is 0 Å². The predicted octanol–water partition coefficient (Wildman–Crippen LogP) is -0.0217. The summed E-state index contributed by atoms with van der Waals surface area (Å²) in [6.07, 6.45) is 0. The van der Waals surface area contributed by atoms with Crippen molar-refractivity contribution in [2.24, 2.45) is 0 Å². The van der Waals surface area contributed by atoms with Crippen LogP contribution in [0.4, 0.5) is 0 Å². The van der Waals surface area contributed by atoms with Crippen molar-refractivity contribution in [3.63, 3.8) is 0 Å². The van der Waals surface area contributed by atoms with Gasteiger partial charge in [0.05, 0.1) is 12.4 Å². The van der Waals surface area contributed by atoms with Crippen molar-refractivity contribution in [3.05, 3.63) is 0 Å². The average Bonchev–Trinajstić information content (AvgIpc) is 1.65. The number of aliphatic hydroxyl groups excluding tert-OH is 1. The molecule has 0 spiro atoms. The summed E-state index contributed by atoms with van der Waals surface area (Å²) in [4.78, 5) is 0. The lowest BCUT2D eigenvalue weighted by Crippen LogP contribution is -2.17. The van der Waals surface area contributed by atoms with Gasteiger partial charge in [0.2, 0.25) is 0 Å². The highest BCUT2D eigenvalue weighted by atomic mass is 35.5. The average molecular weight is 173 g/mol. The predicted molar refractivity (Wildman–Crippen MR) is 36.2 cm³/mol. The van der Waals surface area contributed by atoms with E-state index in [1.807, 2.05) is 0 Å². The molecule has 0 aliphatic heterocycles. The van der Waals surface area contributed by atoms with Crippen molar-refractivity contribution >= 4 is 21.4 Å². The molecule has 0 bridgehead atoms. The minimum atomic E-state index is -3.23. The molecule has 56 valence electrons. The summed E-state index contributed by atoms with van der Waals surface area (Å²) in [5, 5.41) is 8.21. The molecule has 0 aromatic carbocycles. The molecule has 0 amide bonds. The molecular weight excluding hydrogens is 164 g/mol. The maximum Gasteiger partial charge on any atom is 0.169 e. The topological polar surface area (TPSA) is 54.4 Å². The Hall–Kier alpha value is 0.200. The summed E-state index contributed by atoms with van der Waals surface area (Å²) in [6, 6.07) is 0. The molecule has 1 atom stereocenters. The van der Waals surface area contributed by atoms with Gasteiger partial charge in [0.1, 0.15) is 4.71 Å². The van der Waals surface area contributed by atoms with Crippen molar-refractivity contribution in [2.75, 3.05) is 12.4 Å². The number of hydrogen-bond acceptors (Lipinski definition) is 3. The van der Waals surface area contributed by atoms with Crippen molar-refractivity contribution < 1.29 is 13.5 Å². The minimum Gasteiger partial charge on any atom is -0.395 e. The van der Waals surface area contributed by atoms with Crippen LogP contribution in [0.15, 0.2) is 0 Å². The molecule has 0 aromatic rings. The van der Waals surface area contributed by atoms with Gasteiger partial charge in [-0.25, -0.2) is 8.42 Å². The van der Waals surface area contributed by atoms with E-state index in [2.05, 4.69) is 0 Å². The van der Waals surface area contributed by atoms with Gasteiger partial charge in [-0.2, -0.15) is 0 Å². The molecule has 3 nitrogen and oxygen atoms in total. The number of sulfone groups is 1. The molecule has 1 unspecified atom stereocenters. The van der Waals surface area contributed by atoms with Crippen LogP contribution in [0, 0.1) is 0 Å². The van der Waals surface area contributed by atoms with E-state index in [4.69, 9.17) is 16.7 Å². The van der Waals surface area contributed by atoms with E-state index in [1.54, 1.807) is 0 Å². The van der Waals surface area contributed by atoms with E-state index >= 15 is 0 Å². The van der Waals surface area contributed by atoms with Crippen LogP contribution in [0.2, 0.25) is 0 Å². The first-order chi connectivity index (χ1) is 4.00. The van der Waals surface area contributed by atoms with Gasteiger partial charge in [-0.1, -0.05) is 0 Å². The fourth-order valence-corrected chi connectivity index (χ4v) is 1.14. The molecule has 0 saturated carbocycles. The second-order valence-electron chi connectivity index (χ2n) is 1.63. The van der Waals surface area contributed by atoms with Crippen LogP contribution in [-0.2, 0) is 9.84 Å². The quantitative estimate of drug-likeness (QED) is 0.609. The van der Waals surface area contributed by atoms with Gasteiger partial charge in [-0.05, 0) is 6.92 Å². The van der Waals surface area contributed by atoms with E-state index < -0.39 is 14.5 Å². The van der Waals surface area contributed by atoms with Gasteiger partial charge in [0.25, 0.3) is 0 Å². The number of alkyl halides is 1. The first kappa shape index (κ1) is 9.20. The lowest BCUT2D eigenvalue weighted by atomic mass is 10.9. The summed E-state index contributed by atoms with van der Waals surface area (Å²) in [5.41, 5.74) is 0. The molecule has 0 radical (unpaired) electrons. The zero-order chi connectivity index (χ0) is 7.49. The maximum atomic E-state index is 10.6. The molecule has 1 N–H and O–H groups in total. The third kappa shape index (κ3) is 3.03. The van der Waals surface area contributed by atoms with E-state index in [0.717, 1.165) is 0 Å². The third-order valence-electron chi connectivity index (χ3n) is 0.871. The number of aliphatic hydroxyl groups is 1. The van der Waals surface area contributed by atoms with Gasteiger partial charge in [-0.15, -0.1) is 11.6 Å². The summed E-state index contributed by atoms with van der Waals surface area (Å²) >= 11 is 5.25. The molecular formula is C4H9ClO3S. The lowest BCUT2D eigenvalue weighted by molar-refractivity contribution is 0.319. The Morgan fingerprint density at radius 2 is 2.11 bits per heavy atom. The Labute approximate surface area is 59.6 Å². The summed E-state index contributed by atoms with van der Waals surface area (Å²) in [7, 11) is -3.23. The molecule has 0 aromatic heterocycles. The Bertz CT molecular complexity index is 161. The Kier molecular flexibility index (Phi) is 3.46. The number of hydrogen-bond donors (Lipinski definition) is 1. The van der Waals surface area contributed by atoms with Crippen molar-refractivity contribution in [1.82, 2.24) is 0 Å². The maximum absolute atomic E-state index is 10.6. The summed E-state index contributed by atoms with van der Waals surface area (Å²) < 4.78 is 20.4. The van der Waals surface area contributed by atoms with Crippen LogP contribution >= 0.6 is 11.6 Å². The minimum absolute atomic E-state index is 0.252. The van der Waals surface area contributed by atoms with Gasteiger partial charge in [0, 0.05) is 0 Å². The fourth-order valence-electron chi connectivity index (χ4n) is 0.290. The Morgan fingerprint density at radius 3 is 2.22 bits per heavy atom. The smallest absolute Gasteiger partial charge is 0.169 e. The molecule has 0 rings (SSSR count). The normalized spacial score (nSPS) is 15.4. The Balaban J connectivity index is 4.05. The van der Waals surface area contributed by atoms with Crippen LogP contribution in [0.1, 0.15) is 6.92 Å². The van der Waals surface area contributed by atoms with E-state index in [0.29, 0.717) is 0 Å². The van der Waals surface area contributed by atoms with Gasteiger partial charge in [0.15, 0.2) is 9.84 Å². The van der Waals surface area contributed by atoms with Gasteiger partial charge >= 0.3 is 0 Å². The van der Waals surface area contributed by atoms with E-state index in [-0.39, 0.29) is 12.4 Å². The highest BCUT2D eigenvalue weighted by Crippen LogP contribution is 2.04. The van der Waals surface area contributed by atoms with Gasteiger partial charge < -0.3 is 5.11 Å². The van der Waals surface area contributed by atoms with Gasteiger partial charge in [-0.3, -0.25) is 0 Å².